The molecule has 0 fully saturated rings. The second kappa shape index (κ2) is 6.41. The molecule has 2 aromatic rings. The maximum atomic E-state index is 13.7. The van der Waals surface area contributed by atoms with Gasteiger partial charge >= 0.3 is 0 Å². The van der Waals surface area contributed by atoms with Crippen molar-refractivity contribution >= 4 is 33.5 Å². The van der Waals surface area contributed by atoms with Crippen LogP contribution in [0.4, 0.5) is 14.5 Å². The first-order valence-electron chi connectivity index (χ1n) is 6.03. The predicted octanol–water partition coefficient (Wildman–Crippen LogP) is 3.47. The van der Waals surface area contributed by atoms with Gasteiger partial charge in [0, 0.05) is 29.9 Å². The fourth-order valence-electron chi connectivity index (χ4n) is 1.77. The van der Waals surface area contributed by atoms with Crippen molar-refractivity contribution in [1.82, 2.24) is 0 Å². The SMILES string of the molecule is CN=Cc1cc(Cl)ccc1NS(=O)(=O)c1ccc(F)cc1F. The molecule has 0 aliphatic rings. The highest BCUT2D eigenvalue weighted by Gasteiger charge is 2.20. The van der Waals surface area contributed by atoms with Crippen LogP contribution in [0.25, 0.3) is 0 Å². The van der Waals surface area contributed by atoms with Crippen LogP contribution in [0.1, 0.15) is 5.56 Å². The molecule has 116 valence electrons. The van der Waals surface area contributed by atoms with E-state index in [0.29, 0.717) is 16.7 Å². The van der Waals surface area contributed by atoms with E-state index in [2.05, 4.69) is 9.71 Å². The van der Waals surface area contributed by atoms with Crippen molar-refractivity contribution in [2.24, 2.45) is 4.99 Å². The normalized spacial score (nSPS) is 11.8. The first-order chi connectivity index (χ1) is 10.3. The Bertz CT molecular complexity index is 839. The number of benzene rings is 2. The summed E-state index contributed by atoms with van der Waals surface area (Å²) in [4.78, 5) is 3.15. The molecule has 0 unspecified atom stereocenters. The summed E-state index contributed by atoms with van der Waals surface area (Å²) in [5, 5.41) is 0.394. The Morgan fingerprint density at radius 1 is 1.18 bits per heavy atom. The van der Waals surface area contributed by atoms with Crippen LogP contribution in [0.2, 0.25) is 5.02 Å². The molecular formula is C14H11ClF2N2O2S. The number of nitrogens with one attached hydrogen (secondary N) is 1. The average molecular weight is 345 g/mol. The minimum atomic E-state index is -4.21. The Morgan fingerprint density at radius 3 is 2.55 bits per heavy atom. The zero-order valence-corrected chi connectivity index (χ0v) is 12.9. The molecule has 0 aliphatic carbocycles. The third-order valence-electron chi connectivity index (χ3n) is 2.71. The Hall–Kier alpha value is -1.99. The van der Waals surface area contributed by atoms with Gasteiger partial charge in [-0.15, -0.1) is 0 Å². The summed E-state index contributed by atoms with van der Waals surface area (Å²) in [7, 11) is -2.70. The van der Waals surface area contributed by atoms with Crippen LogP contribution >= 0.6 is 11.6 Å². The van der Waals surface area contributed by atoms with Gasteiger partial charge in [-0.3, -0.25) is 9.71 Å². The molecule has 0 spiro atoms. The van der Waals surface area contributed by atoms with E-state index in [4.69, 9.17) is 11.6 Å². The average Bonchev–Trinajstić information content (AvgIpc) is 2.41. The molecule has 8 heteroatoms. The van der Waals surface area contributed by atoms with E-state index in [-0.39, 0.29) is 5.69 Å². The number of halogens is 3. The summed E-state index contributed by atoms with van der Waals surface area (Å²) in [6, 6.07) is 6.65. The lowest BCUT2D eigenvalue weighted by molar-refractivity contribution is 0.551. The Morgan fingerprint density at radius 2 is 1.91 bits per heavy atom. The Labute approximate surface area is 131 Å². The van der Waals surface area contributed by atoms with Crippen molar-refractivity contribution in [2.45, 2.75) is 4.90 Å². The summed E-state index contributed by atoms with van der Waals surface area (Å²) in [6.45, 7) is 0. The molecule has 0 aromatic heterocycles. The maximum absolute atomic E-state index is 13.7. The van der Waals surface area contributed by atoms with E-state index in [9.17, 15) is 17.2 Å². The van der Waals surface area contributed by atoms with Crippen molar-refractivity contribution in [2.75, 3.05) is 11.8 Å². The Kier molecular flexibility index (Phi) is 4.77. The molecule has 0 amide bonds. The molecule has 0 atom stereocenters. The second-order valence-corrected chi connectivity index (χ2v) is 6.39. The van der Waals surface area contributed by atoms with Gasteiger partial charge in [0.25, 0.3) is 10.0 Å². The molecule has 2 rings (SSSR count). The molecule has 0 aliphatic heterocycles. The molecule has 1 N–H and O–H groups in total. The molecule has 0 radical (unpaired) electrons. The highest BCUT2D eigenvalue weighted by molar-refractivity contribution is 7.92. The number of hydrogen-bond donors (Lipinski definition) is 1. The van der Waals surface area contributed by atoms with Gasteiger partial charge in [0.2, 0.25) is 0 Å². The quantitative estimate of drug-likeness (QED) is 0.863. The van der Waals surface area contributed by atoms with Gasteiger partial charge in [-0.05, 0) is 30.3 Å². The van der Waals surface area contributed by atoms with Gasteiger partial charge in [-0.2, -0.15) is 0 Å². The topological polar surface area (TPSA) is 58.5 Å². The van der Waals surface area contributed by atoms with Gasteiger partial charge in [-0.1, -0.05) is 11.6 Å². The molecule has 0 saturated carbocycles. The smallest absolute Gasteiger partial charge is 0.264 e. The van der Waals surface area contributed by atoms with Gasteiger partial charge in [-0.25, -0.2) is 17.2 Å². The molecular weight excluding hydrogens is 334 g/mol. The molecule has 0 bridgehead atoms. The van der Waals surface area contributed by atoms with Crippen molar-refractivity contribution in [3.63, 3.8) is 0 Å². The van der Waals surface area contributed by atoms with E-state index in [1.54, 1.807) is 0 Å². The number of aliphatic imine (C=N–C) groups is 1. The summed E-state index contributed by atoms with van der Waals surface area (Å²) in [6.07, 6.45) is 1.41. The van der Waals surface area contributed by atoms with Crippen LogP contribution in [-0.2, 0) is 10.0 Å². The summed E-state index contributed by atoms with van der Waals surface area (Å²) in [5.41, 5.74) is 0.597. The third-order valence-corrected chi connectivity index (χ3v) is 4.34. The van der Waals surface area contributed by atoms with Gasteiger partial charge in [0.05, 0.1) is 5.69 Å². The fourth-order valence-corrected chi connectivity index (χ4v) is 3.09. The lowest BCUT2D eigenvalue weighted by atomic mass is 10.2. The van der Waals surface area contributed by atoms with Crippen LogP contribution in [0.5, 0.6) is 0 Å². The number of anilines is 1. The van der Waals surface area contributed by atoms with Gasteiger partial charge < -0.3 is 0 Å². The van der Waals surface area contributed by atoms with Crippen LogP contribution in [-0.4, -0.2) is 21.7 Å². The molecule has 0 heterocycles. The molecule has 0 saturated heterocycles. The van der Waals surface area contributed by atoms with E-state index < -0.39 is 26.6 Å². The zero-order chi connectivity index (χ0) is 16.3. The van der Waals surface area contributed by atoms with Crippen LogP contribution in [0.15, 0.2) is 46.3 Å². The highest BCUT2D eigenvalue weighted by Crippen LogP contribution is 2.24. The van der Waals surface area contributed by atoms with Crippen LogP contribution in [0, 0.1) is 11.6 Å². The van der Waals surface area contributed by atoms with E-state index in [1.807, 2.05) is 0 Å². The summed E-state index contributed by atoms with van der Waals surface area (Å²) < 4.78 is 53.2. The van der Waals surface area contributed by atoms with Crippen molar-refractivity contribution in [3.05, 3.63) is 58.6 Å². The van der Waals surface area contributed by atoms with Crippen LogP contribution < -0.4 is 4.72 Å². The lowest BCUT2D eigenvalue weighted by Gasteiger charge is -2.11. The number of nitrogens with zero attached hydrogens (tertiary/aromatic N) is 1. The molecule has 2 aromatic carbocycles. The number of sulfonamides is 1. The van der Waals surface area contributed by atoms with Crippen LogP contribution in [0.3, 0.4) is 0 Å². The maximum Gasteiger partial charge on any atom is 0.264 e. The fraction of sp³-hybridized carbons (Fsp3) is 0.0714. The minimum absolute atomic E-state index is 0.179. The van der Waals surface area contributed by atoms with Crippen molar-refractivity contribution in [1.29, 1.82) is 0 Å². The van der Waals surface area contributed by atoms with E-state index in [0.717, 1.165) is 12.1 Å². The number of hydrogen-bond acceptors (Lipinski definition) is 3. The first-order valence-corrected chi connectivity index (χ1v) is 7.89. The largest absolute Gasteiger partial charge is 0.296 e. The standard InChI is InChI=1S/C14H11ClF2N2O2S/c1-18-8-9-6-10(15)2-4-13(9)19-22(20,21)14-5-3-11(16)7-12(14)17/h2-8,19H,1H3. The van der Waals surface area contributed by atoms with Crippen molar-refractivity contribution < 1.29 is 17.2 Å². The Balaban J connectivity index is 2.45. The first kappa shape index (κ1) is 16.4. The zero-order valence-electron chi connectivity index (χ0n) is 11.3. The third kappa shape index (κ3) is 3.61. The monoisotopic (exact) mass is 344 g/mol. The minimum Gasteiger partial charge on any atom is -0.296 e. The van der Waals surface area contributed by atoms with Crippen molar-refractivity contribution in [3.8, 4) is 0 Å². The van der Waals surface area contributed by atoms with Gasteiger partial charge in [0.15, 0.2) is 0 Å². The van der Waals surface area contributed by atoms with E-state index >= 15 is 0 Å². The molecule has 22 heavy (non-hydrogen) atoms. The second-order valence-electron chi connectivity index (χ2n) is 4.30. The number of rotatable bonds is 4. The van der Waals surface area contributed by atoms with Gasteiger partial charge in [0.1, 0.15) is 16.5 Å². The predicted molar refractivity (Wildman–Crippen MR) is 82.1 cm³/mol. The lowest BCUT2D eigenvalue weighted by Crippen LogP contribution is -2.16. The summed E-state index contributed by atoms with van der Waals surface area (Å²) >= 11 is 5.84. The molecule has 4 nitrogen and oxygen atoms in total. The highest BCUT2D eigenvalue weighted by atomic mass is 35.5. The van der Waals surface area contributed by atoms with E-state index in [1.165, 1.54) is 31.5 Å². The summed E-state index contributed by atoms with van der Waals surface area (Å²) in [5.74, 6) is -2.03.